The monoisotopic (exact) mass is 248 g/mol. The molecule has 5 heteroatoms. The highest BCUT2D eigenvalue weighted by molar-refractivity contribution is 5.65. The molecule has 96 valence electrons. The van der Waals surface area contributed by atoms with E-state index < -0.39 is 6.10 Å². The molecule has 5 nitrogen and oxygen atoms in total. The average Bonchev–Trinajstić information content (AvgIpc) is 2.39. The van der Waals surface area contributed by atoms with Crippen LogP contribution in [0.2, 0.25) is 0 Å². The zero-order valence-electron chi connectivity index (χ0n) is 10.2. The molecule has 0 aromatic heterocycles. The predicted octanol–water partition coefficient (Wildman–Crippen LogP) is 2.41. The summed E-state index contributed by atoms with van der Waals surface area (Å²) in [6.07, 6.45) is 4.29. The molecule has 2 rings (SSSR count). The van der Waals surface area contributed by atoms with Crippen LogP contribution in [0.3, 0.4) is 0 Å². The lowest BCUT2D eigenvalue weighted by molar-refractivity contribution is -0.384. The SMILES string of the molecule is CC(O)c1ccc(N2CC=CCC2)c([N+](=O)[O-])c1. The van der Waals surface area contributed by atoms with E-state index in [4.69, 9.17) is 0 Å². The van der Waals surface area contributed by atoms with Crippen molar-refractivity contribution in [2.24, 2.45) is 0 Å². The number of hydrogen-bond acceptors (Lipinski definition) is 4. The fraction of sp³-hybridized carbons (Fsp3) is 0.385. The highest BCUT2D eigenvalue weighted by atomic mass is 16.6. The van der Waals surface area contributed by atoms with Gasteiger partial charge in [-0.3, -0.25) is 10.1 Å². The fourth-order valence-electron chi connectivity index (χ4n) is 2.07. The molecule has 0 aliphatic carbocycles. The van der Waals surface area contributed by atoms with E-state index in [1.807, 2.05) is 11.0 Å². The third-order valence-corrected chi connectivity index (χ3v) is 3.08. The van der Waals surface area contributed by atoms with Crippen LogP contribution in [0, 0.1) is 10.1 Å². The van der Waals surface area contributed by atoms with Gasteiger partial charge in [-0.1, -0.05) is 18.2 Å². The molecule has 1 aliphatic rings. The maximum absolute atomic E-state index is 11.1. The van der Waals surface area contributed by atoms with E-state index in [1.165, 1.54) is 6.07 Å². The van der Waals surface area contributed by atoms with Gasteiger partial charge in [0.25, 0.3) is 5.69 Å². The topological polar surface area (TPSA) is 66.6 Å². The summed E-state index contributed by atoms with van der Waals surface area (Å²) < 4.78 is 0. The Bertz CT molecular complexity index is 483. The Morgan fingerprint density at radius 2 is 2.22 bits per heavy atom. The van der Waals surface area contributed by atoms with E-state index >= 15 is 0 Å². The van der Waals surface area contributed by atoms with Crippen LogP contribution in [-0.4, -0.2) is 23.1 Å². The van der Waals surface area contributed by atoms with Crippen molar-refractivity contribution in [1.82, 2.24) is 0 Å². The molecule has 0 fully saturated rings. The summed E-state index contributed by atoms with van der Waals surface area (Å²) in [5.74, 6) is 0. The molecule has 1 unspecified atom stereocenters. The van der Waals surface area contributed by atoms with Crippen molar-refractivity contribution in [2.75, 3.05) is 18.0 Å². The Balaban J connectivity index is 2.40. The summed E-state index contributed by atoms with van der Waals surface area (Å²) in [6, 6.07) is 4.92. The zero-order valence-corrected chi connectivity index (χ0v) is 10.2. The second kappa shape index (κ2) is 5.18. The van der Waals surface area contributed by atoms with Crippen molar-refractivity contribution in [2.45, 2.75) is 19.4 Å². The van der Waals surface area contributed by atoms with E-state index in [0.29, 0.717) is 17.8 Å². The van der Waals surface area contributed by atoms with Crippen LogP contribution in [0.25, 0.3) is 0 Å². The molecule has 0 radical (unpaired) electrons. The quantitative estimate of drug-likeness (QED) is 0.506. The molecule has 0 amide bonds. The van der Waals surface area contributed by atoms with Gasteiger partial charge in [-0.15, -0.1) is 0 Å². The fourth-order valence-corrected chi connectivity index (χ4v) is 2.07. The van der Waals surface area contributed by atoms with Crippen molar-refractivity contribution in [3.05, 3.63) is 46.0 Å². The van der Waals surface area contributed by atoms with E-state index in [0.717, 1.165) is 13.0 Å². The minimum Gasteiger partial charge on any atom is -0.389 e. The van der Waals surface area contributed by atoms with Crippen LogP contribution in [0.1, 0.15) is 25.0 Å². The first-order valence-corrected chi connectivity index (χ1v) is 5.96. The number of nitrogens with zero attached hydrogens (tertiary/aromatic N) is 2. The third kappa shape index (κ3) is 2.51. The first-order valence-electron chi connectivity index (χ1n) is 5.96. The van der Waals surface area contributed by atoms with Crippen molar-refractivity contribution in [1.29, 1.82) is 0 Å². The van der Waals surface area contributed by atoms with Crippen LogP contribution in [0.4, 0.5) is 11.4 Å². The molecule has 1 heterocycles. The molecule has 1 N–H and O–H groups in total. The van der Waals surface area contributed by atoms with Crippen molar-refractivity contribution in [3.63, 3.8) is 0 Å². The van der Waals surface area contributed by atoms with Gasteiger partial charge in [0.15, 0.2) is 0 Å². The molecular weight excluding hydrogens is 232 g/mol. The van der Waals surface area contributed by atoms with Gasteiger partial charge >= 0.3 is 0 Å². The van der Waals surface area contributed by atoms with Crippen LogP contribution in [0.5, 0.6) is 0 Å². The average molecular weight is 248 g/mol. The van der Waals surface area contributed by atoms with Gasteiger partial charge in [-0.2, -0.15) is 0 Å². The highest BCUT2D eigenvalue weighted by Gasteiger charge is 2.21. The number of nitro groups is 1. The Morgan fingerprint density at radius 1 is 1.44 bits per heavy atom. The van der Waals surface area contributed by atoms with Crippen molar-refractivity contribution >= 4 is 11.4 Å². The van der Waals surface area contributed by atoms with Crippen LogP contribution in [-0.2, 0) is 0 Å². The first-order chi connectivity index (χ1) is 8.59. The number of hydrogen-bond donors (Lipinski definition) is 1. The van der Waals surface area contributed by atoms with Crippen LogP contribution in [0.15, 0.2) is 30.4 Å². The second-order valence-electron chi connectivity index (χ2n) is 4.39. The molecule has 0 saturated heterocycles. The molecule has 1 atom stereocenters. The van der Waals surface area contributed by atoms with Gasteiger partial charge in [0.05, 0.1) is 11.0 Å². The Labute approximate surface area is 105 Å². The maximum Gasteiger partial charge on any atom is 0.292 e. The summed E-state index contributed by atoms with van der Waals surface area (Å²) >= 11 is 0. The molecule has 0 bridgehead atoms. The lowest BCUT2D eigenvalue weighted by Gasteiger charge is -2.25. The molecule has 1 aromatic carbocycles. The van der Waals surface area contributed by atoms with Crippen LogP contribution >= 0.6 is 0 Å². The Hall–Kier alpha value is -1.88. The lowest BCUT2D eigenvalue weighted by Crippen LogP contribution is -2.27. The minimum atomic E-state index is -0.695. The summed E-state index contributed by atoms with van der Waals surface area (Å²) in [5.41, 5.74) is 1.25. The summed E-state index contributed by atoms with van der Waals surface area (Å²) in [5, 5.41) is 20.6. The van der Waals surface area contributed by atoms with E-state index in [2.05, 4.69) is 6.08 Å². The normalized spacial score (nSPS) is 16.7. The largest absolute Gasteiger partial charge is 0.389 e. The molecule has 1 aromatic rings. The molecular formula is C13H16N2O3. The lowest BCUT2D eigenvalue weighted by atomic mass is 10.1. The summed E-state index contributed by atoms with van der Waals surface area (Å²) in [4.78, 5) is 12.7. The molecule has 18 heavy (non-hydrogen) atoms. The number of aliphatic hydroxyl groups is 1. The van der Waals surface area contributed by atoms with Crippen LogP contribution < -0.4 is 4.90 Å². The van der Waals surface area contributed by atoms with E-state index in [9.17, 15) is 15.2 Å². The standard InChI is InChI=1S/C13H16N2O3/c1-10(16)11-5-6-12(13(9-11)15(17)18)14-7-3-2-4-8-14/h2-3,5-6,9-10,16H,4,7-8H2,1H3. The summed E-state index contributed by atoms with van der Waals surface area (Å²) in [7, 11) is 0. The number of benzene rings is 1. The van der Waals surface area contributed by atoms with Gasteiger partial charge in [0, 0.05) is 19.2 Å². The zero-order chi connectivity index (χ0) is 13.1. The number of aliphatic hydroxyl groups excluding tert-OH is 1. The van der Waals surface area contributed by atoms with E-state index in [-0.39, 0.29) is 10.6 Å². The highest BCUT2D eigenvalue weighted by Crippen LogP contribution is 2.31. The van der Waals surface area contributed by atoms with Gasteiger partial charge in [0.2, 0.25) is 0 Å². The Morgan fingerprint density at radius 3 is 2.78 bits per heavy atom. The third-order valence-electron chi connectivity index (χ3n) is 3.08. The maximum atomic E-state index is 11.1. The molecule has 0 spiro atoms. The number of rotatable bonds is 3. The van der Waals surface area contributed by atoms with Gasteiger partial charge < -0.3 is 10.0 Å². The molecule has 0 saturated carbocycles. The Kier molecular flexibility index (Phi) is 3.62. The molecule has 1 aliphatic heterocycles. The predicted molar refractivity (Wildman–Crippen MR) is 69.7 cm³/mol. The summed E-state index contributed by atoms with van der Waals surface area (Å²) in [6.45, 7) is 3.07. The number of nitro benzene ring substituents is 1. The van der Waals surface area contributed by atoms with Crippen molar-refractivity contribution < 1.29 is 10.0 Å². The van der Waals surface area contributed by atoms with Crippen molar-refractivity contribution in [3.8, 4) is 0 Å². The van der Waals surface area contributed by atoms with E-state index in [1.54, 1.807) is 19.1 Å². The first kappa shape index (κ1) is 12.6. The smallest absolute Gasteiger partial charge is 0.292 e. The van der Waals surface area contributed by atoms with Gasteiger partial charge in [0.1, 0.15) is 5.69 Å². The number of anilines is 1. The van der Waals surface area contributed by atoms with Gasteiger partial charge in [-0.05, 0) is 25.0 Å². The van der Waals surface area contributed by atoms with Gasteiger partial charge in [-0.25, -0.2) is 0 Å². The second-order valence-corrected chi connectivity index (χ2v) is 4.39. The minimum absolute atomic E-state index is 0.0590.